The third-order valence-corrected chi connectivity index (χ3v) is 5.56. The van der Waals surface area contributed by atoms with Crippen LogP contribution in [0.25, 0.3) is 0 Å². The summed E-state index contributed by atoms with van der Waals surface area (Å²) in [5.41, 5.74) is 3.16. The normalized spacial score (nSPS) is 19.2. The molecular formula is C21H28N4O3. The molecule has 7 nitrogen and oxygen atoms in total. The molecule has 0 bridgehead atoms. The fraction of sp³-hybridized carbons (Fsp3) is 0.571. The zero-order chi connectivity index (χ0) is 19.5. The highest BCUT2D eigenvalue weighted by Gasteiger charge is 2.34. The highest BCUT2D eigenvalue weighted by molar-refractivity contribution is 5.89. The molecule has 1 aliphatic carbocycles. The summed E-state index contributed by atoms with van der Waals surface area (Å²) in [6, 6.07) is 5.64. The van der Waals surface area contributed by atoms with Gasteiger partial charge in [-0.1, -0.05) is 11.2 Å². The third-order valence-electron chi connectivity index (χ3n) is 5.56. The number of anilines is 1. The van der Waals surface area contributed by atoms with Crippen LogP contribution in [0.15, 0.2) is 22.7 Å². The molecule has 0 spiro atoms. The minimum atomic E-state index is -0.167. The highest BCUT2D eigenvalue weighted by atomic mass is 16.5. The van der Waals surface area contributed by atoms with Gasteiger partial charge in [-0.25, -0.2) is 4.79 Å². The van der Waals surface area contributed by atoms with Crippen LogP contribution >= 0.6 is 0 Å². The smallest absolute Gasteiger partial charge is 0.322 e. The molecule has 2 amide bonds. The second-order valence-corrected chi connectivity index (χ2v) is 7.90. The number of urea groups is 1. The number of likely N-dealkylation sites (tertiary alicyclic amines) is 1. The molecule has 1 N–H and O–H groups in total. The molecular weight excluding hydrogens is 356 g/mol. The standard InChI is InChI=1S/C21H28N4O3/c1-14-5-8-17(12-15(14)2)22-21(26)25-10-3-4-18(25)20-23-19(24-28-20)9-11-27-13-16-6-7-16/h5,8,12,16,18H,3-4,6-7,9-11,13H2,1-2H3,(H,22,26). The Balaban J connectivity index is 1.34. The van der Waals surface area contributed by atoms with Crippen molar-refractivity contribution in [2.45, 2.75) is 52.0 Å². The Hall–Kier alpha value is -2.41. The van der Waals surface area contributed by atoms with Crippen LogP contribution in [0.2, 0.25) is 0 Å². The van der Waals surface area contributed by atoms with E-state index >= 15 is 0 Å². The summed E-state index contributed by atoms with van der Waals surface area (Å²) >= 11 is 0. The Morgan fingerprint density at radius 3 is 2.93 bits per heavy atom. The van der Waals surface area contributed by atoms with E-state index in [0.29, 0.717) is 31.3 Å². The van der Waals surface area contributed by atoms with Crippen LogP contribution < -0.4 is 5.32 Å². The van der Waals surface area contributed by atoms with Gasteiger partial charge in [0.05, 0.1) is 6.61 Å². The summed E-state index contributed by atoms with van der Waals surface area (Å²) in [7, 11) is 0. The van der Waals surface area contributed by atoms with Crippen molar-refractivity contribution in [1.82, 2.24) is 15.0 Å². The number of hydrogen-bond donors (Lipinski definition) is 1. The van der Waals surface area contributed by atoms with E-state index in [1.165, 1.54) is 18.4 Å². The maximum Gasteiger partial charge on any atom is 0.322 e. The Morgan fingerprint density at radius 2 is 2.14 bits per heavy atom. The molecule has 2 fully saturated rings. The van der Waals surface area contributed by atoms with Gasteiger partial charge in [0.15, 0.2) is 5.82 Å². The summed E-state index contributed by atoms with van der Waals surface area (Å²) in [4.78, 5) is 19.1. The maximum atomic E-state index is 12.8. The van der Waals surface area contributed by atoms with Gasteiger partial charge < -0.3 is 19.5 Å². The van der Waals surface area contributed by atoms with E-state index in [9.17, 15) is 4.79 Å². The van der Waals surface area contributed by atoms with Gasteiger partial charge in [-0.15, -0.1) is 0 Å². The van der Waals surface area contributed by atoms with Crippen LogP contribution in [0.3, 0.4) is 0 Å². The van der Waals surface area contributed by atoms with Crippen molar-refractivity contribution in [3.8, 4) is 0 Å². The van der Waals surface area contributed by atoms with Crippen molar-refractivity contribution in [3.05, 3.63) is 41.0 Å². The van der Waals surface area contributed by atoms with Gasteiger partial charge in [-0.3, -0.25) is 0 Å². The quantitative estimate of drug-likeness (QED) is 0.729. The van der Waals surface area contributed by atoms with Gasteiger partial charge in [-0.2, -0.15) is 4.98 Å². The summed E-state index contributed by atoms with van der Waals surface area (Å²) < 4.78 is 11.1. The molecule has 0 radical (unpaired) electrons. The Kier molecular flexibility index (Phi) is 5.62. The van der Waals surface area contributed by atoms with E-state index in [1.807, 2.05) is 25.1 Å². The van der Waals surface area contributed by atoms with Crippen LogP contribution in [0.1, 0.15) is 54.6 Å². The first-order chi connectivity index (χ1) is 13.6. The predicted octanol–water partition coefficient (Wildman–Crippen LogP) is 4.02. The minimum Gasteiger partial charge on any atom is -0.381 e. The van der Waals surface area contributed by atoms with E-state index in [1.54, 1.807) is 4.90 Å². The van der Waals surface area contributed by atoms with Gasteiger partial charge >= 0.3 is 6.03 Å². The molecule has 1 unspecified atom stereocenters. The van der Waals surface area contributed by atoms with Crippen LogP contribution in [-0.2, 0) is 11.2 Å². The largest absolute Gasteiger partial charge is 0.381 e. The molecule has 1 saturated heterocycles. The van der Waals surface area contributed by atoms with Crippen LogP contribution in [-0.4, -0.2) is 40.8 Å². The zero-order valence-electron chi connectivity index (χ0n) is 16.6. The molecule has 2 aliphatic rings. The highest BCUT2D eigenvalue weighted by Crippen LogP contribution is 2.32. The second kappa shape index (κ2) is 8.31. The number of benzene rings is 1. The molecule has 1 aliphatic heterocycles. The lowest BCUT2D eigenvalue weighted by molar-refractivity contribution is 0.125. The Labute approximate surface area is 165 Å². The fourth-order valence-corrected chi connectivity index (χ4v) is 3.48. The molecule has 1 aromatic heterocycles. The van der Waals surface area contributed by atoms with Crippen molar-refractivity contribution in [1.29, 1.82) is 0 Å². The average Bonchev–Trinajstić information content (AvgIpc) is 3.17. The van der Waals surface area contributed by atoms with Crippen molar-refractivity contribution in [2.24, 2.45) is 5.92 Å². The van der Waals surface area contributed by atoms with E-state index in [4.69, 9.17) is 9.26 Å². The number of nitrogens with zero attached hydrogens (tertiary/aromatic N) is 3. The fourth-order valence-electron chi connectivity index (χ4n) is 3.48. The summed E-state index contributed by atoms with van der Waals surface area (Å²) in [6.07, 6.45) is 4.97. The number of aromatic nitrogens is 2. The Bertz CT molecular complexity index is 831. The van der Waals surface area contributed by atoms with Crippen molar-refractivity contribution in [3.63, 3.8) is 0 Å². The third kappa shape index (κ3) is 4.52. The monoisotopic (exact) mass is 384 g/mol. The summed E-state index contributed by atoms with van der Waals surface area (Å²) in [5, 5.41) is 7.06. The molecule has 1 aromatic carbocycles. The van der Waals surface area contributed by atoms with Gasteiger partial charge in [0.2, 0.25) is 5.89 Å². The van der Waals surface area contributed by atoms with Crippen LogP contribution in [0.5, 0.6) is 0 Å². The van der Waals surface area contributed by atoms with Crippen molar-refractivity contribution in [2.75, 3.05) is 25.1 Å². The SMILES string of the molecule is Cc1ccc(NC(=O)N2CCCC2c2nc(CCOCC3CC3)no2)cc1C. The van der Waals surface area contributed by atoms with Crippen molar-refractivity contribution >= 4 is 11.7 Å². The molecule has 2 aromatic rings. The zero-order valence-corrected chi connectivity index (χ0v) is 16.6. The lowest BCUT2D eigenvalue weighted by Crippen LogP contribution is -2.34. The first kappa shape index (κ1) is 18.9. The number of aryl methyl sites for hydroxylation is 2. The molecule has 1 atom stereocenters. The lowest BCUT2D eigenvalue weighted by Gasteiger charge is -2.22. The van der Waals surface area contributed by atoms with Gasteiger partial charge in [0.1, 0.15) is 6.04 Å². The van der Waals surface area contributed by atoms with Crippen LogP contribution in [0, 0.1) is 19.8 Å². The number of hydrogen-bond acceptors (Lipinski definition) is 5. The molecule has 1 saturated carbocycles. The first-order valence-corrected chi connectivity index (χ1v) is 10.2. The van der Waals surface area contributed by atoms with Crippen LogP contribution in [0.4, 0.5) is 10.5 Å². The summed E-state index contributed by atoms with van der Waals surface area (Å²) in [5.74, 6) is 1.92. The Morgan fingerprint density at radius 1 is 1.29 bits per heavy atom. The summed E-state index contributed by atoms with van der Waals surface area (Å²) in [6.45, 7) is 6.22. The predicted molar refractivity (Wildman–Crippen MR) is 105 cm³/mol. The van der Waals surface area contributed by atoms with Gasteiger partial charge in [0.25, 0.3) is 0 Å². The number of carbonyl (C=O) groups is 1. The van der Waals surface area contributed by atoms with E-state index in [-0.39, 0.29) is 12.1 Å². The number of ether oxygens (including phenoxy) is 1. The number of rotatable bonds is 7. The number of nitrogens with one attached hydrogen (secondary N) is 1. The molecule has 150 valence electrons. The molecule has 7 heteroatoms. The minimum absolute atomic E-state index is 0.127. The van der Waals surface area contributed by atoms with E-state index in [0.717, 1.165) is 36.6 Å². The topological polar surface area (TPSA) is 80.5 Å². The molecule has 4 rings (SSSR count). The second-order valence-electron chi connectivity index (χ2n) is 7.90. The lowest BCUT2D eigenvalue weighted by atomic mass is 10.1. The van der Waals surface area contributed by atoms with E-state index in [2.05, 4.69) is 22.4 Å². The molecule has 28 heavy (non-hydrogen) atoms. The molecule has 2 heterocycles. The maximum absolute atomic E-state index is 12.8. The number of carbonyl (C=O) groups excluding carboxylic acids is 1. The average molecular weight is 384 g/mol. The van der Waals surface area contributed by atoms with Crippen molar-refractivity contribution < 1.29 is 14.1 Å². The van der Waals surface area contributed by atoms with E-state index < -0.39 is 0 Å². The number of amides is 2. The van der Waals surface area contributed by atoms with Gasteiger partial charge in [0, 0.05) is 25.3 Å². The first-order valence-electron chi connectivity index (χ1n) is 10.2. The van der Waals surface area contributed by atoms with Gasteiger partial charge in [-0.05, 0) is 68.7 Å².